The summed E-state index contributed by atoms with van der Waals surface area (Å²) in [6.07, 6.45) is 0.642. The van der Waals surface area contributed by atoms with Crippen LogP contribution in [0.15, 0.2) is 0 Å². The van der Waals surface area contributed by atoms with Crippen molar-refractivity contribution in [1.29, 1.82) is 0 Å². The topological polar surface area (TPSA) is 53.6 Å². The molecule has 1 unspecified atom stereocenters. The summed E-state index contributed by atoms with van der Waals surface area (Å²) in [6.45, 7) is 10.2. The summed E-state index contributed by atoms with van der Waals surface area (Å²) in [7, 11) is 2.07. The number of carbonyl (C=O) groups excluding carboxylic acids is 1. The van der Waals surface area contributed by atoms with Gasteiger partial charge in [-0.25, -0.2) is 0 Å². The molecule has 1 rings (SSSR count). The molecule has 0 bridgehead atoms. The molecule has 0 aromatic rings. The van der Waals surface area contributed by atoms with Crippen LogP contribution in [0.3, 0.4) is 0 Å². The maximum atomic E-state index is 11.6. The second-order valence-electron chi connectivity index (χ2n) is 5.99. The van der Waals surface area contributed by atoms with E-state index >= 15 is 0 Å². The summed E-state index contributed by atoms with van der Waals surface area (Å²) in [5.74, 6) is 0.0866. The van der Waals surface area contributed by atoms with Crippen molar-refractivity contribution in [2.24, 2.45) is 0 Å². The van der Waals surface area contributed by atoms with Crippen LogP contribution < -0.4 is 10.6 Å². The molecule has 1 aliphatic rings. The lowest BCUT2D eigenvalue weighted by Crippen LogP contribution is -2.46. The van der Waals surface area contributed by atoms with E-state index in [1.54, 1.807) is 0 Å². The smallest absolute Gasteiger partial charge is 0.221 e. The van der Waals surface area contributed by atoms with Gasteiger partial charge < -0.3 is 20.3 Å². The first kappa shape index (κ1) is 15.4. The molecule has 0 aromatic heterocycles. The van der Waals surface area contributed by atoms with Crippen molar-refractivity contribution < 1.29 is 9.53 Å². The second-order valence-corrected chi connectivity index (χ2v) is 5.99. The van der Waals surface area contributed by atoms with E-state index in [2.05, 4.69) is 43.4 Å². The fraction of sp³-hybridized carbons (Fsp3) is 0.923. The molecule has 1 fully saturated rings. The first-order valence-corrected chi connectivity index (χ1v) is 6.69. The van der Waals surface area contributed by atoms with E-state index in [0.717, 1.165) is 19.7 Å². The maximum Gasteiger partial charge on any atom is 0.221 e. The Morgan fingerprint density at radius 3 is 2.78 bits per heavy atom. The molecule has 0 saturated carbocycles. The first-order chi connectivity index (χ1) is 8.37. The molecular weight excluding hydrogens is 230 g/mol. The summed E-state index contributed by atoms with van der Waals surface area (Å²) in [5.41, 5.74) is 0.0650. The minimum absolute atomic E-state index is 0.0650. The van der Waals surface area contributed by atoms with Crippen molar-refractivity contribution in [3.05, 3.63) is 0 Å². The van der Waals surface area contributed by atoms with Crippen LogP contribution in [0.5, 0.6) is 0 Å². The molecule has 0 radical (unpaired) electrons. The predicted molar refractivity (Wildman–Crippen MR) is 72.6 cm³/mol. The number of carbonyl (C=O) groups is 1. The highest BCUT2D eigenvalue weighted by Gasteiger charge is 2.18. The quantitative estimate of drug-likeness (QED) is 0.739. The highest BCUT2D eigenvalue weighted by atomic mass is 16.5. The van der Waals surface area contributed by atoms with Gasteiger partial charge in [0.2, 0.25) is 5.91 Å². The molecule has 0 aromatic carbocycles. The van der Waals surface area contributed by atoms with Crippen molar-refractivity contribution in [3.8, 4) is 0 Å². The van der Waals surface area contributed by atoms with Gasteiger partial charge >= 0.3 is 0 Å². The molecule has 5 heteroatoms. The number of nitrogens with zero attached hydrogens (tertiary/aromatic N) is 1. The Hall–Kier alpha value is -0.650. The molecule has 1 atom stereocenters. The number of likely N-dealkylation sites (N-methyl/N-ethyl adjacent to an activating group) is 1. The summed E-state index contributed by atoms with van der Waals surface area (Å²) in [6, 6.07) is 0. The Balaban J connectivity index is 2.09. The molecule has 18 heavy (non-hydrogen) atoms. The lowest BCUT2D eigenvalue weighted by Gasteiger charge is -2.30. The second kappa shape index (κ2) is 7.07. The molecular formula is C13H27N3O2. The molecule has 106 valence electrons. The molecule has 1 amide bonds. The number of ether oxygens (including phenoxy) is 1. The third kappa shape index (κ3) is 6.93. The third-order valence-corrected chi connectivity index (χ3v) is 2.88. The van der Waals surface area contributed by atoms with Crippen molar-refractivity contribution in [2.45, 2.75) is 38.8 Å². The van der Waals surface area contributed by atoms with E-state index in [4.69, 9.17) is 4.74 Å². The van der Waals surface area contributed by atoms with Crippen molar-refractivity contribution in [3.63, 3.8) is 0 Å². The van der Waals surface area contributed by atoms with Crippen LogP contribution >= 0.6 is 0 Å². The number of amides is 1. The zero-order valence-electron chi connectivity index (χ0n) is 12.1. The van der Waals surface area contributed by atoms with Gasteiger partial charge in [-0.3, -0.25) is 4.79 Å². The van der Waals surface area contributed by atoms with E-state index in [1.165, 1.54) is 0 Å². The monoisotopic (exact) mass is 257 g/mol. The molecule has 0 aliphatic carbocycles. The van der Waals surface area contributed by atoms with E-state index in [-0.39, 0.29) is 17.6 Å². The zero-order chi connectivity index (χ0) is 13.6. The van der Waals surface area contributed by atoms with Crippen LogP contribution in [0.25, 0.3) is 0 Å². The van der Waals surface area contributed by atoms with Crippen LogP contribution in [0, 0.1) is 0 Å². The highest BCUT2D eigenvalue weighted by Crippen LogP contribution is 2.02. The summed E-state index contributed by atoms with van der Waals surface area (Å²) < 4.78 is 5.59. The fourth-order valence-electron chi connectivity index (χ4n) is 1.86. The van der Waals surface area contributed by atoms with Gasteiger partial charge in [-0.15, -0.1) is 0 Å². The Morgan fingerprint density at radius 1 is 1.44 bits per heavy atom. The zero-order valence-corrected chi connectivity index (χ0v) is 12.1. The van der Waals surface area contributed by atoms with E-state index < -0.39 is 0 Å². The molecule has 5 nitrogen and oxygen atoms in total. The number of nitrogens with one attached hydrogen (secondary N) is 2. The van der Waals surface area contributed by atoms with Gasteiger partial charge in [0.05, 0.1) is 12.7 Å². The van der Waals surface area contributed by atoms with Crippen LogP contribution in [-0.2, 0) is 9.53 Å². The van der Waals surface area contributed by atoms with Crippen LogP contribution in [0.4, 0.5) is 0 Å². The minimum Gasteiger partial charge on any atom is -0.374 e. The molecule has 1 heterocycles. The average Bonchev–Trinajstić information content (AvgIpc) is 2.25. The summed E-state index contributed by atoms with van der Waals surface area (Å²) in [4.78, 5) is 13.9. The molecule has 1 aliphatic heterocycles. The molecule has 1 saturated heterocycles. The standard InChI is InChI=1S/C13H27N3O2/c1-13(2,3)15-6-5-12(17)14-9-11-10-16(4)7-8-18-11/h11,15H,5-10H2,1-4H3,(H,14,17). The SMILES string of the molecule is CN1CCOC(CNC(=O)CCNC(C)(C)C)C1. The van der Waals surface area contributed by atoms with Gasteiger partial charge in [0, 0.05) is 38.1 Å². The number of hydrogen-bond acceptors (Lipinski definition) is 4. The minimum atomic E-state index is 0.0650. The number of hydrogen-bond donors (Lipinski definition) is 2. The van der Waals surface area contributed by atoms with E-state index in [1.807, 2.05) is 0 Å². The normalized spacial score (nSPS) is 21.9. The van der Waals surface area contributed by atoms with Gasteiger partial charge in [0.1, 0.15) is 0 Å². The first-order valence-electron chi connectivity index (χ1n) is 6.69. The number of rotatable bonds is 5. The third-order valence-electron chi connectivity index (χ3n) is 2.88. The van der Waals surface area contributed by atoms with Crippen LogP contribution in [-0.4, -0.2) is 62.3 Å². The molecule has 0 spiro atoms. The Morgan fingerprint density at radius 2 is 2.17 bits per heavy atom. The van der Waals surface area contributed by atoms with Gasteiger partial charge in [0.15, 0.2) is 0 Å². The van der Waals surface area contributed by atoms with Gasteiger partial charge in [-0.1, -0.05) is 0 Å². The van der Waals surface area contributed by atoms with Crippen LogP contribution in [0.2, 0.25) is 0 Å². The summed E-state index contributed by atoms with van der Waals surface area (Å²) in [5, 5.41) is 6.23. The molecule has 2 N–H and O–H groups in total. The Kier molecular flexibility index (Phi) is 6.05. The fourth-order valence-corrected chi connectivity index (χ4v) is 1.86. The largest absolute Gasteiger partial charge is 0.374 e. The average molecular weight is 257 g/mol. The highest BCUT2D eigenvalue weighted by molar-refractivity contribution is 5.76. The lowest BCUT2D eigenvalue weighted by atomic mass is 10.1. The van der Waals surface area contributed by atoms with Gasteiger partial charge in [-0.05, 0) is 27.8 Å². The van der Waals surface area contributed by atoms with Crippen molar-refractivity contribution >= 4 is 5.91 Å². The Labute approximate surface area is 110 Å². The van der Waals surface area contributed by atoms with Crippen LogP contribution in [0.1, 0.15) is 27.2 Å². The van der Waals surface area contributed by atoms with Gasteiger partial charge in [-0.2, -0.15) is 0 Å². The predicted octanol–water partition coefficient (Wildman–Crippen LogP) is 0.211. The van der Waals surface area contributed by atoms with E-state index in [9.17, 15) is 4.79 Å². The summed E-state index contributed by atoms with van der Waals surface area (Å²) >= 11 is 0. The number of morpholine rings is 1. The van der Waals surface area contributed by atoms with E-state index in [0.29, 0.717) is 19.5 Å². The Bertz CT molecular complexity index is 263. The van der Waals surface area contributed by atoms with Crippen molar-refractivity contribution in [2.75, 3.05) is 39.8 Å². The van der Waals surface area contributed by atoms with Crippen molar-refractivity contribution in [1.82, 2.24) is 15.5 Å². The lowest BCUT2D eigenvalue weighted by molar-refractivity contribution is -0.122. The van der Waals surface area contributed by atoms with Gasteiger partial charge in [0.25, 0.3) is 0 Å². The maximum absolute atomic E-state index is 11.6.